The number of Topliss-reactive ketones (excluding diaryl/α,β-unsaturated/α-hetero) is 1. The van der Waals surface area contributed by atoms with E-state index in [1.165, 1.54) is 25.1 Å². The van der Waals surface area contributed by atoms with E-state index >= 15 is 0 Å². The summed E-state index contributed by atoms with van der Waals surface area (Å²) in [6, 6.07) is 8.10. The van der Waals surface area contributed by atoms with Gasteiger partial charge in [0.05, 0.1) is 0 Å². The topological polar surface area (TPSA) is 48.7 Å². The number of hydrogen-bond acceptors (Lipinski definition) is 4. The molecule has 0 bridgehead atoms. The fourth-order valence-electron chi connectivity index (χ4n) is 1.54. The van der Waals surface area contributed by atoms with Gasteiger partial charge in [-0.15, -0.1) is 13.2 Å². The second-order valence-electron chi connectivity index (χ2n) is 4.13. The molecular formula is C14H11F3O4. The first-order chi connectivity index (χ1) is 9.83. The van der Waals surface area contributed by atoms with Gasteiger partial charge in [-0.3, -0.25) is 4.79 Å². The molecule has 0 unspecified atom stereocenters. The molecule has 0 spiro atoms. The molecule has 1 aromatic heterocycles. The summed E-state index contributed by atoms with van der Waals surface area (Å²) in [7, 11) is 0. The first-order valence-corrected chi connectivity index (χ1v) is 5.92. The number of benzene rings is 1. The van der Waals surface area contributed by atoms with E-state index in [1.807, 2.05) is 0 Å². The third-order valence-corrected chi connectivity index (χ3v) is 2.45. The van der Waals surface area contributed by atoms with E-state index in [0.29, 0.717) is 11.5 Å². The molecular weight excluding hydrogens is 289 g/mol. The maximum atomic E-state index is 12.0. The molecule has 1 aromatic carbocycles. The lowest BCUT2D eigenvalue weighted by atomic mass is 10.3. The summed E-state index contributed by atoms with van der Waals surface area (Å²) in [4.78, 5) is 11.0. The van der Waals surface area contributed by atoms with Crippen LogP contribution in [0.5, 0.6) is 11.5 Å². The summed E-state index contributed by atoms with van der Waals surface area (Å²) in [5, 5.41) is 0. The van der Waals surface area contributed by atoms with Crippen molar-refractivity contribution in [1.82, 2.24) is 0 Å². The zero-order valence-electron chi connectivity index (χ0n) is 10.9. The van der Waals surface area contributed by atoms with E-state index in [2.05, 4.69) is 4.74 Å². The molecule has 0 N–H and O–H groups in total. The van der Waals surface area contributed by atoms with Gasteiger partial charge in [-0.25, -0.2) is 0 Å². The quantitative estimate of drug-likeness (QED) is 0.784. The van der Waals surface area contributed by atoms with Crippen LogP contribution >= 0.6 is 0 Å². The molecule has 112 valence electrons. The van der Waals surface area contributed by atoms with Crippen LogP contribution in [0, 0.1) is 0 Å². The van der Waals surface area contributed by atoms with Gasteiger partial charge in [-0.1, -0.05) is 0 Å². The Hall–Kier alpha value is -2.44. The summed E-state index contributed by atoms with van der Waals surface area (Å²) >= 11 is 0. The first kappa shape index (κ1) is 15.0. The number of furan rings is 1. The van der Waals surface area contributed by atoms with Gasteiger partial charge < -0.3 is 13.9 Å². The Morgan fingerprint density at radius 1 is 1.10 bits per heavy atom. The van der Waals surface area contributed by atoms with Crippen molar-refractivity contribution >= 4 is 5.78 Å². The molecule has 0 saturated heterocycles. The Labute approximate surface area is 118 Å². The maximum absolute atomic E-state index is 12.0. The zero-order chi connectivity index (χ0) is 15.5. The van der Waals surface area contributed by atoms with Crippen molar-refractivity contribution in [1.29, 1.82) is 0 Å². The highest BCUT2D eigenvalue weighted by Gasteiger charge is 2.30. The van der Waals surface area contributed by atoms with Crippen molar-refractivity contribution in [3.8, 4) is 11.5 Å². The highest BCUT2D eigenvalue weighted by molar-refractivity contribution is 5.91. The van der Waals surface area contributed by atoms with Crippen LogP contribution in [-0.2, 0) is 6.61 Å². The molecule has 0 radical (unpaired) electrons. The molecule has 7 heteroatoms. The van der Waals surface area contributed by atoms with Crippen molar-refractivity contribution < 1.29 is 31.9 Å². The van der Waals surface area contributed by atoms with Gasteiger partial charge in [0.2, 0.25) is 0 Å². The molecule has 0 fully saturated rings. The van der Waals surface area contributed by atoms with Gasteiger partial charge >= 0.3 is 6.36 Å². The average molecular weight is 300 g/mol. The Kier molecular flexibility index (Phi) is 4.21. The number of rotatable bonds is 5. The van der Waals surface area contributed by atoms with Crippen LogP contribution in [-0.4, -0.2) is 12.1 Å². The molecule has 21 heavy (non-hydrogen) atoms. The van der Waals surface area contributed by atoms with Gasteiger partial charge in [0, 0.05) is 6.92 Å². The van der Waals surface area contributed by atoms with Gasteiger partial charge in [-0.2, -0.15) is 0 Å². The molecule has 1 heterocycles. The summed E-state index contributed by atoms with van der Waals surface area (Å²) in [5.74, 6) is 0.491. The largest absolute Gasteiger partial charge is 0.573 e. The van der Waals surface area contributed by atoms with E-state index in [0.717, 1.165) is 12.1 Å². The summed E-state index contributed by atoms with van der Waals surface area (Å²) < 4.78 is 50.2. The number of ether oxygens (including phenoxy) is 2. The van der Waals surface area contributed by atoms with E-state index in [4.69, 9.17) is 9.15 Å². The van der Waals surface area contributed by atoms with Gasteiger partial charge in [0.25, 0.3) is 0 Å². The molecule has 0 aliphatic rings. The molecule has 0 saturated carbocycles. The minimum Gasteiger partial charge on any atom is -0.486 e. The van der Waals surface area contributed by atoms with E-state index in [-0.39, 0.29) is 23.9 Å². The maximum Gasteiger partial charge on any atom is 0.573 e. The summed E-state index contributed by atoms with van der Waals surface area (Å²) in [6.45, 7) is 1.44. The van der Waals surface area contributed by atoms with E-state index < -0.39 is 6.36 Å². The Bertz CT molecular complexity index is 614. The third kappa shape index (κ3) is 4.55. The number of carbonyl (C=O) groups is 1. The van der Waals surface area contributed by atoms with E-state index in [1.54, 1.807) is 6.07 Å². The van der Waals surface area contributed by atoms with Crippen LogP contribution in [0.15, 0.2) is 40.8 Å². The minimum atomic E-state index is -4.72. The lowest BCUT2D eigenvalue weighted by Crippen LogP contribution is -2.16. The summed E-state index contributed by atoms with van der Waals surface area (Å²) in [6.07, 6.45) is -4.72. The molecule has 0 atom stereocenters. The predicted molar refractivity (Wildman–Crippen MR) is 66.2 cm³/mol. The van der Waals surface area contributed by atoms with Crippen LogP contribution < -0.4 is 9.47 Å². The first-order valence-electron chi connectivity index (χ1n) is 5.92. The second kappa shape index (κ2) is 5.90. The molecule has 0 aliphatic carbocycles. The number of halogens is 3. The Balaban J connectivity index is 1.92. The monoisotopic (exact) mass is 300 g/mol. The van der Waals surface area contributed by atoms with Crippen LogP contribution in [0.25, 0.3) is 0 Å². The standard InChI is InChI=1S/C14H11F3O4/c1-9(18)13-7-6-12(20-13)8-19-10-2-4-11(5-3-10)21-14(15,16)17/h2-7H,8H2,1H3. The molecule has 2 aromatic rings. The van der Waals surface area contributed by atoms with Crippen molar-refractivity contribution in [3.05, 3.63) is 47.9 Å². The number of carbonyl (C=O) groups excluding carboxylic acids is 1. The minimum absolute atomic E-state index is 0.0623. The van der Waals surface area contributed by atoms with Crippen molar-refractivity contribution in [2.45, 2.75) is 19.9 Å². The van der Waals surface area contributed by atoms with Crippen LogP contribution in [0.2, 0.25) is 0 Å². The molecule has 0 amide bonds. The van der Waals surface area contributed by atoms with Crippen molar-refractivity contribution in [2.24, 2.45) is 0 Å². The second-order valence-corrected chi connectivity index (χ2v) is 4.13. The molecule has 2 rings (SSSR count). The highest BCUT2D eigenvalue weighted by atomic mass is 19.4. The van der Waals surface area contributed by atoms with Crippen LogP contribution in [0.4, 0.5) is 13.2 Å². The van der Waals surface area contributed by atoms with E-state index in [9.17, 15) is 18.0 Å². The third-order valence-electron chi connectivity index (χ3n) is 2.45. The van der Waals surface area contributed by atoms with Gasteiger partial charge in [0.15, 0.2) is 11.5 Å². The SMILES string of the molecule is CC(=O)c1ccc(COc2ccc(OC(F)(F)F)cc2)o1. The Morgan fingerprint density at radius 2 is 1.71 bits per heavy atom. The number of alkyl halides is 3. The van der Waals surface area contributed by atoms with Gasteiger partial charge in [0.1, 0.15) is 23.9 Å². The van der Waals surface area contributed by atoms with Crippen LogP contribution in [0.3, 0.4) is 0 Å². The molecule has 0 aliphatic heterocycles. The Morgan fingerprint density at radius 3 is 2.24 bits per heavy atom. The predicted octanol–water partition coefficient (Wildman–Crippen LogP) is 3.96. The summed E-state index contributed by atoms with van der Waals surface area (Å²) in [5.41, 5.74) is 0. The van der Waals surface area contributed by atoms with Crippen LogP contribution in [0.1, 0.15) is 23.2 Å². The normalized spacial score (nSPS) is 11.2. The highest BCUT2D eigenvalue weighted by Crippen LogP contribution is 2.25. The smallest absolute Gasteiger partial charge is 0.486 e. The molecule has 4 nitrogen and oxygen atoms in total. The fraction of sp³-hybridized carbons (Fsp3) is 0.214. The number of hydrogen-bond donors (Lipinski definition) is 0. The lowest BCUT2D eigenvalue weighted by molar-refractivity contribution is -0.274. The van der Waals surface area contributed by atoms with Gasteiger partial charge in [-0.05, 0) is 36.4 Å². The zero-order valence-corrected chi connectivity index (χ0v) is 10.9. The lowest BCUT2D eigenvalue weighted by Gasteiger charge is -2.09. The fourth-order valence-corrected chi connectivity index (χ4v) is 1.54. The average Bonchev–Trinajstić information content (AvgIpc) is 2.85. The van der Waals surface area contributed by atoms with Crippen molar-refractivity contribution in [2.75, 3.05) is 0 Å². The van der Waals surface area contributed by atoms with Crippen molar-refractivity contribution in [3.63, 3.8) is 0 Å². The number of ketones is 1.